The van der Waals surface area contributed by atoms with E-state index in [9.17, 15) is 18.0 Å². The van der Waals surface area contributed by atoms with Crippen LogP contribution in [0.1, 0.15) is 35.2 Å². The van der Waals surface area contributed by atoms with Crippen LogP contribution >= 0.6 is 22.9 Å². The number of fused-ring (bicyclic) bond motifs is 1. The van der Waals surface area contributed by atoms with E-state index in [-0.39, 0.29) is 21.8 Å². The van der Waals surface area contributed by atoms with Gasteiger partial charge in [0.2, 0.25) is 0 Å². The molecule has 3 heterocycles. The summed E-state index contributed by atoms with van der Waals surface area (Å²) in [4.78, 5) is 20.6. The maximum Gasteiger partial charge on any atom is 0.432 e. The summed E-state index contributed by atoms with van der Waals surface area (Å²) < 4.78 is 39.5. The van der Waals surface area contributed by atoms with Crippen LogP contribution in [-0.4, -0.2) is 14.4 Å². The molecular weight excluding hydrogens is 363 g/mol. The van der Waals surface area contributed by atoms with E-state index in [1.807, 2.05) is 12.1 Å². The highest BCUT2D eigenvalue weighted by Crippen LogP contribution is 2.55. The highest BCUT2D eigenvalue weighted by molar-refractivity contribution is 7.15. The quantitative estimate of drug-likeness (QED) is 0.681. The molecule has 0 aliphatic heterocycles. The molecule has 0 N–H and O–H groups in total. The molecule has 1 aliphatic carbocycles. The molecule has 3 aromatic heterocycles. The van der Waals surface area contributed by atoms with Crippen LogP contribution in [0.15, 0.2) is 34.7 Å². The lowest BCUT2D eigenvalue weighted by atomic mass is 10.1. The Morgan fingerprint density at radius 2 is 2.12 bits per heavy atom. The minimum Gasteiger partial charge on any atom is -0.267 e. The van der Waals surface area contributed by atoms with Gasteiger partial charge in [-0.05, 0) is 24.0 Å². The zero-order chi connectivity index (χ0) is 17.1. The molecule has 4 nitrogen and oxygen atoms in total. The molecule has 124 valence electrons. The Bertz CT molecular complexity index is 983. The van der Waals surface area contributed by atoms with Crippen molar-refractivity contribution in [1.82, 2.24) is 14.4 Å². The van der Waals surface area contributed by atoms with Gasteiger partial charge >= 0.3 is 6.18 Å². The van der Waals surface area contributed by atoms with E-state index in [0.29, 0.717) is 10.1 Å². The van der Waals surface area contributed by atoms with Crippen molar-refractivity contribution in [1.29, 1.82) is 0 Å². The lowest BCUT2D eigenvalue weighted by Gasteiger charge is -2.08. The predicted octanol–water partition coefficient (Wildman–Crippen LogP) is 4.09. The molecule has 0 bridgehead atoms. The molecule has 9 heteroatoms. The van der Waals surface area contributed by atoms with Crippen LogP contribution in [0.3, 0.4) is 0 Å². The third kappa shape index (κ3) is 2.41. The first kappa shape index (κ1) is 15.6. The monoisotopic (exact) mass is 371 g/mol. The average molecular weight is 372 g/mol. The van der Waals surface area contributed by atoms with Gasteiger partial charge in [-0.15, -0.1) is 11.3 Å². The summed E-state index contributed by atoms with van der Waals surface area (Å²) in [5, 5.41) is 0.641. The van der Waals surface area contributed by atoms with Crippen molar-refractivity contribution in [3.63, 3.8) is 0 Å². The summed E-state index contributed by atoms with van der Waals surface area (Å²) in [5.41, 5.74) is -0.552. The predicted molar refractivity (Wildman–Crippen MR) is 83.7 cm³/mol. The first-order valence-electron chi connectivity index (χ1n) is 7.04. The molecule has 4 rings (SSSR count). The van der Waals surface area contributed by atoms with Gasteiger partial charge in [0, 0.05) is 23.7 Å². The lowest BCUT2D eigenvalue weighted by molar-refractivity contribution is -0.141. The van der Waals surface area contributed by atoms with E-state index in [0.717, 1.165) is 28.7 Å². The van der Waals surface area contributed by atoms with E-state index in [2.05, 4.69) is 9.97 Å². The van der Waals surface area contributed by atoms with E-state index in [1.54, 1.807) is 12.4 Å². The first-order chi connectivity index (χ1) is 11.4. The second kappa shape index (κ2) is 5.29. The number of alkyl halides is 3. The summed E-state index contributed by atoms with van der Waals surface area (Å²) in [5.74, 6) is 0.0587. The third-order valence-electron chi connectivity index (χ3n) is 4.08. The first-order valence-corrected chi connectivity index (χ1v) is 8.30. The zero-order valence-electron chi connectivity index (χ0n) is 11.9. The van der Waals surface area contributed by atoms with Crippen molar-refractivity contribution in [2.45, 2.75) is 24.4 Å². The molecule has 0 saturated heterocycles. The van der Waals surface area contributed by atoms with Gasteiger partial charge < -0.3 is 0 Å². The fourth-order valence-corrected chi connectivity index (χ4v) is 4.01. The minimum atomic E-state index is -4.63. The van der Waals surface area contributed by atoms with Crippen LogP contribution in [0, 0.1) is 0 Å². The molecule has 0 aromatic carbocycles. The van der Waals surface area contributed by atoms with Gasteiger partial charge in [-0.1, -0.05) is 17.7 Å². The molecule has 0 unspecified atom stereocenters. The summed E-state index contributed by atoms with van der Waals surface area (Å²) >= 11 is 6.85. The Morgan fingerprint density at radius 1 is 1.33 bits per heavy atom. The maximum atomic E-state index is 13.0. The topological polar surface area (TPSA) is 47.3 Å². The molecule has 0 radical (unpaired) electrons. The standard InChI is InChI=1S/C15H9ClF3N3OS/c16-11-12(9-4-8(9)7-2-1-3-20-5-7)21-14-22(13(11)23)10(6-24-14)15(17,18)19/h1-3,5-6,8-9H,4H2/t8-,9+/m0/s1. The number of thiazole rings is 1. The Morgan fingerprint density at radius 3 is 2.79 bits per heavy atom. The van der Waals surface area contributed by atoms with Crippen LogP contribution in [0.4, 0.5) is 13.2 Å². The van der Waals surface area contributed by atoms with Crippen LogP contribution in [0.2, 0.25) is 5.02 Å². The fraction of sp³-hybridized carbons (Fsp3) is 0.267. The van der Waals surface area contributed by atoms with Gasteiger partial charge in [0.05, 0.1) is 5.69 Å². The highest BCUT2D eigenvalue weighted by Gasteiger charge is 2.43. The largest absolute Gasteiger partial charge is 0.432 e. The van der Waals surface area contributed by atoms with Crippen molar-refractivity contribution >= 4 is 27.9 Å². The molecule has 1 aliphatic rings. The SMILES string of the molecule is O=c1c(Cl)c([C@@H]2C[C@H]2c2cccnc2)nc2scc(C(F)(F)F)n12. The number of hydrogen-bond donors (Lipinski definition) is 0. The second-order valence-corrected chi connectivity index (χ2v) is 6.80. The molecule has 1 fully saturated rings. The third-order valence-corrected chi connectivity index (χ3v) is 5.27. The van der Waals surface area contributed by atoms with Gasteiger partial charge in [0.25, 0.3) is 5.56 Å². The Balaban J connectivity index is 1.80. The van der Waals surface area contributed by atoms with Crippen LogP contribution in [0.5, 0.6) is 0 Å². The van der Waals surface area contributed by atoms with Gasteiger partial charge in [0.15, 0.2) is 4.96 Å². The van der Waals surface area contributed by atoms with E-state index >= 15 is 0 Å². The molecular formula is C15H9ClF3N3OS. The Labute approximate surface area is 142 Å². The molecule has 0 spiro atoms. The zero-order valence-corrected chi connectivity index (χ0v) is 13.5. The lowest BCUT2D eigenvalue weighted by Crippen LogP contribution is -2.22. The maximum absolute atomic E-state index is 13.0. The second-order valence-electron chi connectivity index (χ2n) is 5.59. The number of hydrogen-bond acceptors (Lipinski definition) is 4. The fourth-order valence-electron chi connectivity index (χ4n) is 2.85. The van der Waals surface area contributed by atoms with Crippen molar-refractivity contribution in [2.24, 2.45) is 0 Å². The number of rotatable bonds is 2. The van der Waals surface area contributed by atoms with Crippen LogP contribution < -0.4 is 5.56 Å². The van der Waals surface area contributed by atoms with E-state index < -0.39 is 17.4 Å². The Hall–Kier alpha value is -1.93. The Kier molecular flexibility index (Phi) is 3.43. The molecule has 24 heavy (non-hydrogen) atoms. The van der Waals surface area contributed by atoms with Gasteiger partial charge in [-0.25, -0.2) is 9.38 Å². The highest BCUT2D eigenvalue weighted by atomic mass is 35.5. The van der Waals surface area contributed by atoms with Gasteiger partial charge in [-0.2, -0.15) is 13.2 Å². The average Bonchev–Trinajstić information content (AvgIpc) is 3.21. The number of nitrogens with zero attached hydrogens (tertiary/aromatic N) is 3. The normalized spacial score (nSPS) is 20.5. The van der Waals surface area contributed by atoms with Gasteiger partial charge in [0.1, 0.15) is 10.7 Å². The van der Waals surface area contributed by atoms with E-state index in [1.165, 1.54) is 0 Å². The number of halogens is 4. The van der Waals surface area contributed by atoms with Crippen molar-refractivity contribution in [3.05, 3.63) is 62.2 Å². The van der Waals surface area contributed by atoms with Crippen molar-refractivity contribution < 1.29 is 13.2 Å². The summed E-state index contributed by atoms with van der Waals surface area (Å²) in [6, 6.07) is 3.73. The summed E-state index contributed by atoms with van der Waals surface area (Å²) in [6.07, 6.45) is -0.496. The van der Waals surface area contributed by atoms with Crippen LogP contribution in [0.25, 0.3) is 4.96 Å². The minimum absolute atomic E-state index is 0.00330. The molecule has 0 amide bonds. The summed E-state index contributed by atoms with van der Waals surface area (Å²) in [6.45, 7) is 0. The van der Waals surface area contributed by atoms with Gasteiger partial charge in [-0.3, -0.25) is 9.78 Å². The molecule has 2 atom stereocenters. The van der Waals surface area contributed by atoms with Crippen molar-refractivity contribution in [2.75, 3.05) is 0 Å². The van der Waals surface area contributed by atoms with Crippen molar-refractivity contribution in [3.8, 4) is 0 Å². The molecule has 3 aromatic rings. The number of aromatic nitrogens is 3. The van der Waals surface area contributed by atoms with Crippen LogP contribution in [-0.2, 0) is 6.18 Å². The summed E-state index contributed by atoms with van der Waals surface area (Å²) in [7, 11) is 0. The molecule has 1 saturated carbocycles. The smallest absolute Gasteiger partial charge is 0.267 e. The van der Waals surface area contributed by atoms with E-state index in [4.69, 9.17) is 11.6 Å². The number of pyridine rings is 1.